The Kier molecular flexibility index (Phi) is 5.16. The van der Waals surface area contributed by atoms with E-state index in [-0.39, 0.29) is 0 Å². The molecular weight excluding hydrogens is 228 g/mol. The van der Waals surface area contributed by atoms with Crippen molar-refractivity contribution in [3.8, 4) is 0 Å². The van der Waals surface area contributed by atoms with E-state index in [1.807, 2.05) is 0 Å². The summed E-state index contributed by atoms with van der Waals surface area (Å²) in [6.45, 7) is 5.67. The maximum absolute atomic E-state index is 5.00. The zero-order chi connectivity index (χ0) is 12.8. The number of rotatable bonds is 8. The fourth-order valence-electron chi connectivity index (χ4n) is 2.37. The number of hydrogen-bond donors (Lipinski definition) is 3. The van der Waals surface area contributed by atoms with Crippen molar-refractivity contribution in [1.29, 1.82) is 0 Å². The molecule has 1 aromatic heterocycles. The zero-order valence-electron chi connectivity index (χ0n) is 11.4. The van der Waals surface area contributed by atoms with Crippen molar-refractivity contribution in [3.05, 3.63) is 17.0 Å². The first kappa shape index (κ1) is 13.5. The minimum Gasteiger partial charge on any atom is -0.383 e. The maximum Gasteiger partial charge on any atom is 0.0794 e. The highest BCUT2D eigenvalue weighted by Crippen LogP contribution is 2.22. The molecule has 0 spiro atoms. The second kappa shape index (κ2) is 6.87. The van der Waals surface area contributed by atoms with Gasteiger partial charge >= 0.3 is 0 Å². The van der Waals surface area contributed by atoms with Crippen LogP contribution in [-0.2, 0) is 24.1 Å². The van der Waals surface area contributed by atoms with Gasteiger partial charge in [0.25, 0.3) is 0 Å². The van der Waals surface area contributed by atoms with Crippen LogP contribution in [0.1, 0.15) is 30.3 Å². The van der Waals surface area contributed by atoms with Crippen LogP contribution in [0.5, 0.6) is 0 Å². The van der Waals surface area contributed by atoms with Crippen LogP contribution in [-0.4, -0.2) is 43.0 Å². The Morgan fingerprint density at radius 3 is 3.17 bits per heavy atom. The topological polar surface area (TPSA) is 62.0 Å². The summed E-state index contributed by atoms with van der Waals surface area (Å²) in [5, 5.41) is 14.4. The van der Waals surface area contributed by atoms with E-state index in [1.54, 1.807) is 7.11 Å². The summed E-state index contributed by atoms with van der Waals surface area (Å²) in [4.78, 5) is 0. The molecule has 1 aliphatic carbocycles. The van der Waals surface area contributed by atoms with E-state index < -0.39 is 0 Å². The minimum absolute atomic E-state index is 0.440. The van der Waals surface area contributed by atoms with Gasteiger partial charge in [0.2, 0.25) is 0 Å². The van der Waals surface area contributed by atoms with E-state index in [0.717, 1.165) is 32.7 Å². The lowest BCUT2D eigenvalue weighted by atomic mass is 10.2. The van der Waals surface area contributed by atoms with E-state index in [4.69, 9.17) is 4.74 Å². The number of ether oxygens (including phenoxy) is 1. The van der Waals surface area contributed by atoms with Gasteiger partial charge in [-0.3, -0.25) is 5.10 Å². The third-order valence-electron chi connectivity index (χ3n) is 3.44. The molecule has 0 saturated carbocycles. The zero-order valence-corrected chi connectivity index (χ0v) is 11.4. The van der Waals surface area contributed by atoms with Crippen molar-refractivity contribution in [2.45, 2.75) is 38.8 Å². The fraction of sp³-hybridized carbons (Fsp3) is 0.769. The van der Waals surface area contributed by atoms with Crippen molar-refractivity contribution in [1.82, 2.24) is 20.8 Å². The number of hydrogen-bond acceptors (Lipinski definition) is 4. The predicted molar refractivity (Wildman–Crippen MR) is 71.7 cm³/mol. The Labute approximate surface area is 109 Å². The first-order valence-corrected chi connectivity index (χ1v) is 6.79. The van der Waals surface area contributed by atoms with Gasteiger partial charge < -0.3 is 15.4 Å². The normalized spacial score (nSPS) is 15.9. The second-order valence-corrected chi connectivity index (χ2v) is 4.96. The first-order valence-electron chi connectivity index (χ1n) is 6.79. The molecule has 1 aliphatic rings. The molecule has 1 aromatic rings. The third kappa shape index (κ3) is 3.54. The second-order valence-electron chi connectivity index (χ2n) is 4.96. The Balaban J connectivity index is 1.67. The summed E-state index contributed by atoms with van der Waals surface area (Å²) in [5.41, 5.74) is 3.99. The number of fused-ring (bicyclic) bond motifs is 1. The maximum atomic E-state index is 5.00. The van der Waals surface area contributed by atoms with E-state index >= 15 is 0 Å². The standard InChI is InChI=1S/C13H24N4O/c1-10(8-14-6-7-18-2)15-9-13-11-4-3-5-12(11)16-17-13/h10,14-15H,3-9H2,1-2H3,(H,16,17). The van der Waals surface area contributed by atoms with Gasteiger partial charge in [0.05, 0.1) is 12.3 Å². The van der Waals surface area contributed by atoms with Crippen LogP contribution in [0, 0.1) is 0 Å². The Hall–Kier alpha value is -0.910. The van der Waals surface area contributed by atoms with Gasteiger partial charge in [-0.2, -0.15) is 5.10 Å². The lowest BCUT2D eigenvalue weighted by Gasteiger charge is -2.14. The lowest BCUT2D eigenvalue weighted by Crippen LogP contribution is -2.37. The van der Waals surface area contributed by atoms with Crippen LogP contribution in [0.15, 0.2) is 0 Å². The molecular formula is C13H24N4O. The van der Waals surface area contributed by atoms with E-state index in [2.05, 4.69) is 27.8 Å². The number of nitrogens with zero attached hydrogens (tertiary/aromatic N) is 1. The number of aryl methyl sites for hydroxylation is 1. The monoisotopic (exact) mass is 252 g/mol. The molecule has 5 heteroatoms. The summed E-state index contributed by atoms with van der Waals surface area (Å²) < 4.78 is 5.00. The molecule has 5 nitrogen and oxygen atoms in total. The molecule has 1 heterocycles. The number of aromatic nitrogens is 2. The highest BCUT2D eigenvalue weighted by Gasteiger charge is 2.18. The number of nitrogens with one attached hydrogen (secondary N) is 3. The van der Waals surface area contributed by atoms with Crippen molar-refractivity contribution >= 4 is 0 Å². The van der Waals surface area contributed by atoms with Crippen molar-refractivity contribution < 1.29 is 4.74 Å². The molecule has 18 heavy (non-hydrogen) atoms. The van der Waals surface area contributed by atoms with E-state index in [0.29, 0.717) is 6.04 Å². The molecule has 1 unspecified atom stereocenters. The SMILES string of the molecule is COCCNCC(C)NCc1n[nH]c2c1CCC2. The van der Waals surface area contributed by atoms with Crippen LogP contribution in [0.3, 0.4) is 0 Å². The van der Waals surface area contributed by atoms with E-state index in [9.17, 15) is 0 Å². The first-order chi connectivity index (χ1) is 8.81. The van der Waals surface area contributed by atoms with Crippen LogP contribution in [0.2, 0.25) is 0 Å². The van der Waals surface area contributed by atoms with Crippen LogP contribution < -0.4 is 10.6 Å². The largest absolute Gasteiger partial charge is 0.383 e. The molecule has 3 N–H and O–H groups in total. The van der Waals surface area contributed by atoms with Crippen LogP contribution in [0.4, 0.5) is 0 Å². The summed E-state index contributed by atoms with van der Waals surface area (Å²) in [7, 11) is 1.72. The van der Waals surface area contributed by atoms with Crippen molar-refractivity contribution in [2.24, 2.45) is 0 Å². The predicted octanol–water partition coefficient (Wildman–Crippen LogP) is 0.613. The fourth-order valence-corrected chi connectivity index (χ4v) is 2.37. The molecule has 0 saturated heterocycles. The summed E-state index contributed by atoms with van der Waals surface area (Å²) >= 11 is 0. The van der Waals surface area contributed by atoms with Crippen molar-refractivity contribution in [2.75, 3.05) is 26.8 Å². The van der Waals surface area contributed by atoms with Crippen LogP contribution in [0.25, 0.3) is 0 Å². The number of H-pyrrole nitrogens is 1. The van der Waals surface area contributed by atoms with Gasteiger partial charge in [0.15, 0.2) is 0 Å². The quantitative estimate of drug-likeness (QED) is 0.593. The molecule has 0 aliphatic heterocycles. The highest BCUT2D eigenvalue weighted by molar-refractivity contribution is 5.29. The summed E-state index contributed by atoms with van der Waals surface area (Å²) in [6, 6.07) is 0.440. The molecule has 0 fully saturated rings. The summed E-state index contributed by atoms with van der Waals surface area (Å²) in [6.07, 6.45) is 3.62. The molecule has 0 bridgehead atoms. The molecule has 0 aromatic carbocycles. The minimum atomic E-state index is 0.440. The Morgan fingerprint density at radius 2 is 2.33 bits per heavy atom. The van der Waals surface area contributed by atoms with Gasteiger partial charge in [0.1, 0.15) is 0 Å². The highest BCUT2D eigenvalue weighted by atomic mass is 16.5. The summed E-state index contributed by atoms with van der Waals surface area (Å²) in [5.74, 6) is 0. The van der Waals surface area contributed by atoms with Gasteiger partial charge in [-0.05, 0) is 31.7 Å². The number of aromatic amines is 1. The van der Waals surface area contributed by atoms with E-state index in [1.165, 1.54) is 29.8 Å². The molecule has 0 amide bonds. The van der Waals surface area contributed by atoms with Gasteiger partial charge in [-0.1, -0.05) is 0 Å². The van der Waals surface area contributed by atoms with Gasteiger partial charge in [0, 0.05) is 38.5 Å². The van der Waals surface area contributed by atoms with Crippen molar-refractivity contribution in [3.63, 3.8) is 0 Å². The average molecular weight is 252 g/mol. The molecule has 1 atom stereocenters. The Morgan fingerprint density at radius 1 is 1.44 bits per heavy atom. The molecule has 0 radical (unpaired) electrons. The van der Waals surface area contributed by atoms with Gasteiger partial charge in [-0.15, -0.1) is 0 Å². The third-order valence-corrected chi connectivity index (χ3v) is 3.44. The number of methoxy groups -OCH3 is 1. The molecule has 2 rings (SSSR count). The smallest absolute Gasteiger partial charge is 0.0794 e. The lowest BCUT2D eigenvalue weighted by molar-refractivity contribution is 0.198. The average Bonchev–Trinajstić information content (AvgIpc) is 2.95. The van der Waals surface area contributed by atoms with Gasteiger partial charge in [-0.25, -0.2) is 0 Å². The Bertz CT molecular complexity index is 364. The molecule has 102 valence electrons. The van der Waals surface area contributed by atoms with Crippen LogP contribution >= 0.6 is 0 Å².